The van der Waals surface area contributed by atoms with Crippen molar-refractivity contribution in [3.63, 3.8) is 0 Å². The van der Waals surface area contributed by atoms with Crippen LogP contribution >= 0.6 is 15.9 Å². The number of ether oxygens (including phenoxy) is 2. The van der Waals surface area contributed by atoms with Gasteiger partial charge in [0.25, 0.3) is 8.32 Å². The van der Waals surface area contributed by atoms with Crippen LogP contribution in [-0.4, -0.2) is 79.8 Å². The molecular weight excluding hydrogens is 957 g/mol. The molecule has 3 heterocycles. The Balaban J connectivity index is 0.000000380. The minimum atomic E-state index is -2.77. The maximum atomic E-state index is 11.7. The van der Waals surface area contributed by atoms with E-state index < -0.39 is 14.4 Å². The van der Waals surface area contributed by atoms with E-state index in [4.69, 9.17) is 18.9 Å². The zero-order chi connectivity index (χ0) is 50.1. The number of rotatable bonds is 15. The number of anilines is 1. The normalized spacial score (nSPS) is 13.7. The molecule has 1 aliphatic heterocycles. The lowest BCUT2D eigenvalue weighted by Gasteiger charge is -2.44. The second kappa shape index (κ2) is 22.8. The molecule has 10 nitrogen and oxygen atoms in total. The van der Waals surface area contributed by atoms with Gasteiger partial charge in [0.05, 0.1) is 34.9 Å². The molecule has 0 saturated carbocycles. The zero-order valence-electron chi connectivity index (χ0n) is 41.8. The molecule has 5 aromatic carbocycles. The third-order valence-electron chi connectivity index (χ3n) is 13.2. The maximum Gasteiger partial charge on any atom is 0.407 e. The molecule has 2 aromatic heterocycles. The number of carbonyl (C=O) groups excluding carboxylic acids is 1. The molecule has 1 unspecified atom stereocenters. The number of methoxy groups -OCH3 is 1. The number of esters is 1. The van der Waals surface area contributed by atoms with Gasteiger partial charge >= 0.3 is 12.1 Å². The number of piperazine rings is 1. The number of benzene rings is 5. The van der Waals surface area contributed by atoms with Gasteiger partial charge in [-0.3, -0.25) is 4.98 Å². The fraction of sp³-hybridized carbons (Fsp3) is 0.328. The van der Waals surface area contributed by atoms with E-state index in [2.05, 4.69) is 152 Å². The van der Waals surface area contributed by atoms with Gasteiger partial charge in [0.15, 0.2) is 0 Å². The van der Waals surface area contributed by atoms with Crippen LogP contribution < -0.4 is 15.3 Å². The minimum absolute atomic E-state index is 0.132. The van der Waals surface area contributed by atoms with Crippen LogP contribution in [0.1, 0.15) is 81.7 Å². The van der Waals surface area contributed by atoms with Gasteiger partial charge in [0.1, 0.15) is 6.61 Å². The summed E-state index contributed by atoms with van der Waals surface area (Å²) in [5.74, 6) is -0.288. The topological polar surface area (TPSA) is 106 Å². The molecule has 12 heteroatoms. The SMILES string of the molecule is CCn1c(-c2cc(N3CCN(C(=O)O)CC3)cnc2C(C)OC)c(CC(C)(C)CO[Si](c2ccccc2)(c2ccccc2)C(C)(C)C)c2cc(Br)ccc21.O=C(OCc1ccccc1)c1ccccc1. The molecule has 1 atom stereocenters. The summed E-state index contributed by atoms with van der Waals surface area (Å²) in [7, 11) is -1.04. The smallest absolute Gasteiger partial charge is 0.407 e. The molecule has 8 rings (SSSR count). The average molecular weight is 1020 g/mol. The highest BCUT2D eigenvalue weighted by Crippen LogP contribution is 2.44. The second-order valence-electron chi connectivity index (χ2n) is 19.7. The number of hydrogen-bond acceptors (Lipinski definition) is 7. The number of nitrogens with zero attached hydrogens (tertiary/aromatic N) is 4. The molecule has 1 fully saturated rings. The van der Waals surface area contributed by atoms with Crippen molar-refractivity contribution in [2.24, 2.45) is 5.41 Å². The Morgan fingerprint density at radius 1 is 0.786 bits per heavy atom. The predicted molar refractivity (Wildman–Crippen MR) is 289 cm³/mol. The van der Waals surface area contributed by atoms with Crippen molar-refractivity contribution in [1.29, 1.82) is 0 Å². The first-order chi connectivity index (χ1) is 33.6. The lowest BCUT2D eigenvalue weighted by molar-refractivity contribution is 0.0472. The zero-order valence-corrected chi connectivity index (χ0v) is 44.4. The summed E-state index contributed by atoms with van der Waals surface area (Å²) in [5.41, 5.74) is 7.78. The summed E-state index contributed by atoms with van der Waals surface area (Å²) in [6, 6.07) is 49.2. The molecule has 366 valence electrons. The van der Waals surface area contributed by atoms with E-state index in [9.17, 15) is 14.7 Å². The quantitative estimate of drug-likeness (QED) is 0.0800. The van der Waals surface area contributed by atoms with Crippen LogP contribution in [0, 0.1) is 5.41 Å². The van der Waals surface area contributed by atoms with Crippen LogP contribution in [0.15, 0.2) is 156 Å². The molecule has 0 aliphatic carbocycles. The van der Waals surface area contributed by atoms with Crippen molar-refractivity contribution in [2.45, 2.75) is 79.2 Å². The lowest BCUT2D eigenvalue weighted by Crippen LogP contribution is -2.67. The molecule has 1 N–H and O–H groups in total. The Kier molecular flexibility index (Phi) is 16.9. The number of hydrogen-bond donors (Lipinski definition) is 1. The number of carbonyl (C=O) groups is 2. The van der Waals surface area contributed by atoms with E-state index >= 15 is 0 Å². The number of aryl methyl sites for hydroxylation is 1. The summed E-state index contributed by atoms with van der Waals surface area (Å²) in [6.07, 6.45) is 1.57. The first-order valence-corrected chi connectivity index (χ1v) is 26.8. The fourth-order valence-electron chi connectivity index (χ4n) is 9.61. The monoisotopic (exact) mass is 1020 g/mol. The van der Waals surface area contributed by atoms with Gasteiger partial charge in [-0.1, -0.05) is 160 Å². The standard InChI is InChI=1S/C44H55BrN4O4Si.C14H12O2/c1-9-49-39-21-20-32(45)26-36(39)38(41(49)37-27-33(29-46-40(37)31(2)52-8)47-22-24-48(25-23-47)42(50)51)28-44(6,7)30-53-54(43(3,4)5,34-16-12-10-13-17-34)35-18-14-11-15-19-35;15-14(13-9-5-2-6-10-13)16-11-12-7-3-1-4-8-12/h10-21,26-27,29,31H,9,22-25,28,30H2,1-8H3,(H,50,51);1-10H,11H2. The van der Waals surface area contributed by atoms with Crippen LogP contribution in [0.2, 0.25) is 5.04 Å². The van der Waals surface area contributed by atoms with Gasteiger partial charge in [0.2, 0.25) is 0 Å². The Morgan fingerprint density at radius 3 is 1.90 bits per heavy atom. The molecule has 0 spiro atoms. The van der Waals surface area contributed by atoms with Gasteiger partial charge in [0, 0.05) is 67.4 Å². The molecule has 7 aromatic rings. The van der Waals surface area contributed by atoms with Crippen molar-refractivity contribution in [2.75, 3.05) is 44.8 Å². The van der Waals surface area contributed by atoms with Crippen LogP contribution in [0.3, 0.4) is 0 Å². The average Bonchev–Trinajstić information content (AvgIpc) is 3.67. The Labute approximate surface area is 423 Å². The van der Waals surface area contributed by atoms with Gasteiger partial charge in [-0.05, 0) is 88.6 Å². The highest BCUT2D eigenvalue weighted by atomic mass is 79.9. The summed E-state index contributed by atoms with van der Waals surface area (Å²) >= 11 is 3.80. The second-order valence-corrected chi connectivity index (χ2v) is 24.9. The molecule has 1 saturated heterocycles. The van der Waals surface area contributed by atoms with Crippen molar-refractivity contribution >= 4 is 63.3 Å². The molecule has 1 amide bonds. The highest BCUT2D eigenvalue weighted by molar-refractivity contribution is 9.10. The summed E-state index contributed by atoms with van der Waals surface area (Å²) in [4.78, 5) is 32.1. The van der Waals surface area contributed by atoms with Crippen LogP contribution in [0.5, 0.6) is 0 Å². The number of pyridine rings is 1. The fourth-order valence-corrected chi connectivity index (χ4v) is 14.7. The highest BCUT2D eigenvalue weighted by Gasteiger charge is 2.51. The third kappa shape index (κ3) is 11.7. The third-order valence-corrected chi connectivity index (χ3v) is 18.7. The molecule has 0 radical (unpaired) electrons. The summed E-state index contributed by atoms with van der Waals surface area (Å²) < 4.78 is 22.1. The van der Waals surface area contributed by atoms with Crippen LogP contribution in [-0.2, 0) is 33.5 Å². The van der Waals surface area contributed by atoms with Crippen molar-refractivity contribution in [1.82, 2.24) is 14.5 Å². The van der Waals surface area contributed by atoms with E-state index in [1.165, 1.54) is 31.7 Å². The van der Waals surface area contributed by atoms with E-state index in [0.717, 1.165) is 45.6 Å². The Morgan fingerprint density at radius 2 is 1.36 bits per heavy atom. The Bertz CT molecular complexity index is 2790. The van der Waals surface area contributed by atoms with Crippen molar-refractivity contribution in [3.8, 4) is 11.3 Å². The lowest BCUT2D eigenvalue weighted by atomic mass is 9.84. The van der Waals surface area contributed by atoms with Gasteiger partial charge in [-0.2, -0.15) is 0 Å². The van der Waals surface area contributed by atoms with Gasteiger partial charge in [-0.25, -0.2) is 9.59 Å². The van der Waals surface area contributed by atoms with E-state index in [-0.39, 0.29) is 22.5 Å². The summed E-state index contributed by atoms with van der Waals surface area (Å²) in [6.45, 7) is 19.7. The first-order valence-electron chi connectivity index (χ1n) is 24.1. The van der Waals surface area contributed by atoms with Gasteiger partial charge in [-0.15, -0.1) is 0 Å². The minimum Gasteiger partial charge on any atom is -0.465 e. The number of aromatic nitrogens is 2. The van der Waals surface area contributed by atoms with Crippen molar-refractivity contribution < 1.29 is 28.6 Å². The largest absolute Gasteiger partial charge is 0.465 e. The predicted octanol–water partition coefficient (Wildman–Crippen LogP) is 12.2. The van der Waals surface area contributed by atoms with Crippen molar-refractivity contribution in [3.05, 3.63) is 179 Å². The molecule has 0 bridgehead atoms. The van der Waals surface area contributed by atoms with Gasteiger partial charge < -0.3 is 33.4 Å². The molecular formula is C58H67BrN4O6Si. The Hall–Kier alpha value is -6.05. The maximum absolute atomic E-state index is 11.7. The van der Waals surface area contributed by atoms with E-state index in [1.54, 1.807) is 19.2 Å². The molecule has 1 aliphatic rings. The summed E-state index contributed by atoms with van der Waals surface area (Å²) in [5, 5.41) is 13.2. The molecule has 70 heavy (non-hydrogen) atoms. The number of carboxylic acid groups (broad SMARTS) is 1. The van der Waals surface area contributed by atoms with Crippen LogP contribution in [0.25, 0.3) is 22.2 Å². The number of fused-ring (bicyclic) bond motifs is 1. The number of halogens is 1. The number of amides is 1. The van der Waals surface area contributed by atoms with E-state index in [1.807, 2.05) is 61.7 Å². The van der Waals surface area contributed by atoms with Crippen LogP contribution in [0.4, 0.5) is 10.5 Å². The first kappa shape index (κ1) is 51.8. The van der Waals surface area contributed by atoms with E-state index in [0.29, 0.717) is 45.0 Å².